The van der Waals surface area contributed by atoms with Crippen LogP contribution in [0.2, 0.25) is 0 Å². The van der Waals surface area contributed by atoms with Gasteiger partial charge < -0.3 is 33.8 Å². The lowest BCUT2D eigenvalue weighted by molar-refractivity contribution is -0.161. The molecule has 0 aliphatic carbocycles. The number of carbonyl (C=O) groups is 4. The van der Waals surface area contributed by atoms with Gasteiger partial charge in [-0.2, -0.15) is 0 Å². The molecule has 6 atom stereocenters. The zero-order valence-electron chi connectivity index (χ0n) is 59.9. The fourth-order valence-electron chi connectivity index (χ4n) is 11.1. The topological polar surface area (TPSA) is 237 Å². The van der Waals surface area contributed by atoms with Gasteiger partial charge in [-0.05, 0) is 37.5 Å². The Balaban J connectivity index is 5.11. The lowest BCUT2D eigenvalue weighted by atomic mass is 9.99. The number of aliphatic hydroxyl groups excluding tert-OH is 1. The lowest BCUT2D eigenvalue weighted by Crippen LogP contribution is -2.30. The maximum atomic E-state index is 13.1. The number of phosphoric acid groups is 2. The molecule has 0 saturated carbocycles. The Morgan fingerprint density at radius 3 is 0.826 bits per heavy atom. The van der Waals surface area contributed by atoms with Crippen LogP contribution in [0.3, 0.4) is 0 Å². The number of phosphoric ester groups is 2. The Labute approximate surface area is 562 Å². The summed E-state index contributed by atoms with van der Waals surface area (Å²) in [5.41, 5.74) is 0. The van der Waals surface area contributed by atoms with Crippen molar-refractivity contribution in [1.82, 2.24) is 0 Å². The molecule has 0 aromatic heterocycles. The van der Waals surface area contributed by atoms with Gasteiger partial charge in [-0.1, -0.05) is 324 Å². The molecule has 0 spiro atoms. The third-order valence-electron chi connectivity index (χ3n) is 17.3. The zero-order chi connectivity index (χ0) is 67.9. The monoisotopic (exact) mass is 1350 g/mol. The molecule has 92 heavy (non-hydrogen) atoms. The summed E-state index contributed by atoms with van der Waals surface area (Å²) in [7, 11) is -9.89. The molecule has 0 aliphatic heterocycles. The van der Waals surface area contributed by atoms with Crippen molar-refractivity contribution in [3.05, 3.63) is 0 Å². The summed E-state index contributed by atoms with van der Waals surface area (Å²) >= 11 is 0. The van der Waals surface area contributed by atoms with Gasteiger partial charge in [-0.3, -0.25) is 37.3 Å². The molecule has 0 rings (SSSR count). The highest BCUT2D eigenvalue weighted by molar-refractivity contribution is 7.47. The Morgan fingerprint density at radius 1 is 0.315 bits per heavy atom. The van der Waals surface area contributed by atoms with Crippen molar-refractivity contribution in [3.63, 3.8) is 0 Å². The maximum Gasteiger partial charge on any atom is 0.472 e. The molecule has 0 fully saturated rings. The smallest absolute Gasteiger partial charge is 0.462 e. The summed E-state index contributed by atoms with van der Waals surface area (Å²) < 4.78 is 68.1. The zero-order valence-corrected chi connectivity index (χ0v) is 61.6. The highest BCUT2D eigenvalue weighted by Gasteiger charge is 2.30. The largest absolute Gasteiger partial charge is 0.472 e. The first kappa shape index (κ1) is 90.1. The van der Waals surface area contributed by atoms with Crippen LogP contribution in [-0.2, 0) is 65.4 Å². The molecule has 0 aromatic carbocycles. The average Bonchev–Trinajstić information content (AvgIpc) is 1.59. The standard InChI is InChI=1S/C73H142O17P2/c1-7-10-12-14-35-43-49-55-70(75)83-61-68(89-72(77)57-51-45-36-15-13-11-8-2)63-87-91(79,80)85-59-67(74)60-86-92(81,82)88-64-69(62-84-71(76)56-50-44-39-33-29-26-22-23-27-31-37-41-47-53-65(4)5)90-73(78)58-52-46-40-34-30-25-21-19-17-16-18-20-24-28-32-38-42-48-54-66(6)9-3/h65-69,74H,7-64H2,1-6H3,(H,79,80)(H,81,82)/t66?,67-,68+,69+/m0/s1. The Kier molecular flexibility index (Phi) is 63.7. The minimum atomic E-state index is -4.95. The van der Waals surface area contributed by atoms with Gasteiger partial charge >= 0.3 is 39.5 Å². The molecule has 3 unspecified atom stereocenters. The molecule has 0 aliphatic rings. The minimum Gasteiger partial charge on any atom is -0.462 e. The maximum absolute atomic E-state index is 13.1. The van der Waals surface area contributed by atoms with E-state index < -0.39 is 97.5 Å². The van der Waals surface area contributed by atoms with E-state index in [1.807, 2.05) is 0 Å². The second kappa shape index (κ2) is 65.0. The number of rotatable bonds is 72. The van der Waals surface area contributed by atoms with Gasteiger partial charge in [0.25, 0.3) is 0 Å². The minimum absolute atomic E-state index is 0.103. The van der Waals surface area contributed by atoms with Crippen LogP contribution in [0.4, 0.5) is 0 Å². The van der Waals surface area contributed by atoms with Crippen molar-refractivity contribution in [1.29, 1.82) is 0 Å². The van der Waals surface area contributed by atoms with E-state index in [0.717, 1.165) is 127 Å². The second-order valence-corrected chi connectivity index (χ2v) is 30.0. The fraction of sp³-hybridized carbons (Fsp3) is 0.945. The van der Waals surface area contributed by atoms with E-state index in [1.54, 1.807) is 0 Å². The summed E-state index contributed by atoms with van der Waals surface area (Å²) in [5.74, 6) is -0.468. The highest BCUT2D eigenvalue weighted by atomic mass is 31.2. The first-order valence-corrected chi connectivity index (χ1v) is 41.0. The third kappa shape index (κ3) is 65.4. The van der Waals surface area contributed by atoms with E-state index >= 15 is 0 Å². The fourth-order valence-corrected chi connectivity index (χ4v) is 12.7. The van der Waals surface area contributed by atoms with E-state index in [2.05, 4.69) is 41.5 Å². The normalized spacial score (nSPS) is 14.4. The van der Waals surface area contributed by atoms with Gasteiger partial charge in [-0.15, -0.1) is 0 Å². The number of hydrogen-bond acceptors (Lipinski definition) is 15. The van der Waals surface area contributed by atoms with E-state index in [-0.39, 0.29) is 25.7 Å². The first-order chi connectivity index (χ1) is 44.4. The summed E-state index contributed by atoms with van der Waals surface area (Å²) in [5, 5.41) is 10.6. The summed E-state index contributed by atoms with van der Waals surface area (Å²) in [4.78, 5) is 72.3. The van der Waals surface area contributed by atoms with Crippen molar-refractivity contribution in [3.8, 4) is 0 Å². The molecular formula is C73H142O17P2. The van der Waals surface area contributed by atoms with Crippen molar-refractivity contribution < 1.29 is 80.2 Å². The van der Waals surface area contributed by atoms with E-state index in [9.17, 15) is 43.2 Å². The van der Waals surface area contributed by atoms with Crippen LogP contribution in [0.15, 0.2) is 0 Å². The molecule has 0 amide bonds. The van der Waals surface area contributed by atoms with Crippen molar-refractivity contribution in [2.24, 2.45) is 11.8 Å². The summed E-state index contributed by atoms with van der Waals surface area (Å²) in [6.45, 7) is 9.57. The first-order valence-electron chi connectivity index (χ1n) is 38.0. The summed E-state index contributed by atoms with van der Waals surface area (Å²) in [6, 6.07) is 0. The van der Waals surface area contributed by atoms with Crippen molar-refractivity contribution >= 4 is 39.5 Å². The predicted molar refractivity (Wildman–Crippen MR) is 372 cm³/mol. The van der Waals surface area contributed by atoms with Crippen LogP contribution >= 0.6 is 15.6 Å². The van der Waals surface area contributed by atoms with Crippen LogP contribution in [0.1, 0.15) is 375 Å². The molecule has 0 heterocycles. The number of unbranched alkanes of at least 4 members (excludes halogenated alkanes) is 41. The number of aliphatic hydroxyl groups is 1. The molecule has 17 nitrogen and oxygen atoms in total. The van der Waals surface area contributed by atoms with E-state index in [1.165, 1.54) is 167 Å². The Hall–Kier alpha value is -1.94. The van der Waals surface area contributed by atoms with Gasteiger partial charge in [0.05, 0.1) is 26.4 Å². The van der Waals surface area contributed by atoms with Gasteiger partial charge in [0.15, 0.2) is 12.2 Å². The number of hydrogen-bond donors (Lipinski definition) is 3. The number of ether oxygens (including phenoxy) is 4. The van der Waals surface area contributed by atoms with Crippen LogP contribution in [-0.4, -0.2) is 96.7 Å². The predicted octanol–water partition coefficient (Wildman–Crippen LogP) is 21.2. The molecule has 0 radical (unpaired) electrons. The highest BCUT2D eigenvalue weighted by Crippen LogP contribution is 2.45. The van der Waals surface area contributed by atoms with Gasteiger partial charge in [-0.25, -0.2) is 9.13 Å². The average molecular weight is 1350 g/mol. The number of carbonyl (C=O) groups excluding carboxylic acids is 4. The SMILES string of the molecule is CCCCCCCCCC(=O)OC[C@H](COP(=O)(O)OC[C@H](O)COP(=O)(O)OC[C@@H](COC(=O)CCCCCCCCCCCCCCCC(C)C)OC(=O)CCCCCCCCCCCCCCCCCCCCC(C)CC)OC(=O)CCCCCCCCC. The third-order valence-corrected chi connectivity index (χ3v) is 19.2. The van der Waals surface area contributed by atoms with Crippen molar-refractivity contribution in [2.75, 3.05) is 39.6 Å². The molecule has 0 aromatic rings. The van der Waals surface area contributed by atoms with Gasteiger partial charge in [0, 0.05) is 25.7 Å². The molecule has 0 saturated heterocycles. The molecule has 3 N–H and O–H groups in total. The quantitative estimate of drug-likeness (QED) is 0.0222. The lowest BCUT2D eigenvalue weighted by Gasteiger charge is -2.21. The van der Waals surface area contributed by atoms with Gasteiger partial charge in [0.1, 0.15) is 19.3 Å². The van der Waals surface area contributed by atoms with E-state index in [0.29, 0.717) is 25.7 Å². The van der Waals surface area contributed by atoms with Crippen LogP contribution in [0.5, 0.6) is 0 Å². The van der Waals surface area contributed by atoms with Crippen molar-refractivity contribution in [2.45, 2.75) is 394 Å². The van der Waals surface area contributed by atoms with Crippen LogP contribution < -0.4 is 0 Å². The second-order valence-electron chi connectivity index (χ2n) is 27.1. The van der Waals surface area contributed by atoms with Crippen LogP contribution in [0, 0.1) is 11.8 Å². The molecule has 0 bridgehead atoms. The molecule has 546 valence electrons. The van der Waals surface area contributed by atoms with Gasteiger partial charge in [0.2, 0.25) is 0 Å². The molecular weight excluding hydrogens is 1210 g/mol. The Bertz CT molecular complexity index is 1790. The summed E-state index contributed by atoms with van der Waals surface area (Å²) in [6.07, 6.45) is 51.7. The molecule has 19 heteroatoms. The van der Waals surface area contributed by atoms with E-state index in [4.69, 9.17) is 37.0 Å². The Morgan fingerprint density at radius 2 is 0.554 bits per heavy atom. The number of esters is 4. The van der Waals surface area contributed by atoms with Crippen LogP contribution in [0.25, 0.3) is 0 Å².